The lowest BCUT2D eigenvalue weighted by Crippen LogP contribution is -2.27. The van der Waals surface area contributed by atoms with E-state index in [0.29, 0.717) is 19.0 Å². The Labute approximate surface area is 89.8 Å². The molecular formula is C9H10BrFN2O. The van der Waals surface area contributed by atoms with Crippen molar-refractivity contribution in [2.24, 2.45) is 0 Å². The molecule has 1 aromatic rings. The van der Waals surface area contributed by atoms with E-state index in [2.05, 4.69) is 26.2 Å². The normalized spacial score (nSPS) is 26.4. The first-order valence-corrected chi connectivity index (χ1v) is 5.18. The van der Waals surface area contributed by atoms with Crippen LogP contribution in [-0.2, 0) is 0 Å². The number of alkyl halides is 1. The summed E-state index contributed by atoms with van der Waals surface area (Å²) in [5.41, 5.74) is 0. The molecule has 0 spiro atoms. The molecule has 1 aliphatic heterocycles. The van der Waals surface area contributed by atoms with Crippen molar-refractivity contribution in [3.05, 3.63) is 22.8 Å². The second kappa shape index (κ2) is 4.23. The van der Waals surface area contributed by atoms with Gasteiger partial charge in [0, 0.05) is 29.8 Å². The number of aromatic nitrogens is 1. The van der Waals surface area contributed by atoms with Crippen LogP contribution in [0.5, 0.6) is 5.88 Å². The Kier molecular flexibility index (Phi) is 2.98. The lowest BCUT2D eigenvalue weighted by atomic mass is 10.3. The van der Waals surface area contributed by atoms with Gasteiger partial charge in [-0.15, -0.1) is 0 Å². The van der Waals surface area contributed by atoms with E-state index in [1.807, 2.05) is 6.07 Å². The van der Waals surface area contributed by atoms with Crippen LogP contribution in [0.15, 0.2) is 22.8 Å². The maximum absolute atomic E-state index is 13.1. The molecule has 1 fully saturated rings. The molecule has 1 aliphatic rings. The van der Waals surface area contributed by atoms with Crippen LogP contribution in [0.4, 0.5) is 4.39 Å². The fourth-order valence-corrected chi connectivity index (χ4v) is 1.56. The first kappa shape index (κ1) is 9.86. The van der Waals surface area contributed by atoms with E-state index in [0.717, 1.165) is 4.47 Å². The van der Waals surface area contributed by atoms with Gasteiger partial charge in [0.1, 0.15) is 6.10 Å². The molecule has 1 aromatic heterocycles. The van der Waals surface area contributed by atoms with Gasteiger partial charge in [-0.25, -0.2) is 9.37 Å². The van der Waals surface area contributed by atoms with Crippen molar-refractivity contribution < 1.29 is 9.13 Å². The van der Waals surface area contributed by atoms with Gasteiger partial charge in [-0.2, -0.15) is 0 Å². The Morgan fingerprint density at radius 1 is 1.50 bits per heavy atom. The van der Waals surface area contributed by atoms with Crippen molar-refractivity contribution in [1.82, 2.24) is 10.3 Å². The topological polar surface area (TPSA) is 34.1 Å². The third-order valence-electron chi connectivity index (χ3n) is 2.06. The van der Waals surface area contributed by atoms with E-state index in [-0.39, 0.29) is 0 Å². The smallest absolute Gasteiger partial charge is 0.213 e. The number of hydrogen-bond acceptors (Lipinski definition) is 3. The second-order valence-electron chi connectivity index (χ2n) is 3.15. The van der Waals surface area contributed by atoms with Crippen molar-refractivity contribution in [3.63, 3.8) is 0 Å². The predicted molar refractivity (Wildman–Crippen MR) is 54.1 cm³/mol. The summed E-state index contributed by atoms with van der Waals surface area (Å²) in [6.07, 6.45) is 0.273. The van der Waals surface area contributed by atoms with E-state index in [9.17, 15) is 4.39 Å². The van der Waals surface area contributed by atoms with Crippen LogP contribution in [0.1, 0.15) is 0 Å². The zero-order valence-electron chi connectivity index (χ0n) is 7.41. The Bertz CT molecular complexity index is 306. The third-order valence-corrected chi connectivity index (χ3v) is 2.53. The van der Waals surface area contributed by atoms with Crippen molar-refractivity contribution in [1.29, 1.82) is 0 Å². The van der Waals surface area contributed by atoms with Crippen molar-refractivity contribution >= 4 is 15.9 Å². The highest BCUT2D eigenvalue weighted by Gasteiger charge is 2.28. The quantitative estimate of drug-likeness (QED) is 0.876. The number of pyridine rings is 1. The summed E-state index contributed by atoms with van der Waals surface area (Å²) in [5, 5.41) is 2.92. The average Bonchev–Trinajstić information content (AvgIpc) is 2.56. The molecule has 2 heterocycles. The minimum Gasteiger partial charge on any atom is -0.470 e. The minimum atomic E-state index is -0.944. The van der Waals surface area contributed by atoms with E-state index in [1.54, 1.807) is 12.3 Å². The van der Waals surface area contributed by atoms with Crippen molar-refractivity contribution in [3.8, 4) is 5.88 Å². The third kappa shape index (κ3) is 2.22. The Hall–Kier alpha value is -0.680. The van der Waals surface area contributed by atoms with Crippen LogP contribution in [0, 0.1) is 0 Å². The molecule has 76 valence electrons. The SMILES string of the molecule is FC1CNCC1Oc1ccc(Br)cn1. The number of nitrogens with one attached hydrogen (secondary N) is 1. The number of ether oxygens (including phenoxy) is 1. The van der Waals surface area contributed by atoms with Crippen molar-refractivity contribution in [2.75, 3.05) is 13.1 Å². The van der Waals surface area contributed by atoms with E-state index in [4.69, 9.17) is 4.74 Å². The number of halogens is 2. The molecule has 1 saturated heterocycles. The molecule has 0 aromatic carbocycles. The second-order valence-corrected chi connectivity index (χ2v) is 4.06. The zero-order valence-corrected chi connectivity index (χ0v) is 9.00. The van der Waals surface area contributed by atoms with Gasteiger partial charge < -0.3 is 10.1 Å². The first-order valence-electron chi connectivity index (χ1n) is 4.39. The number of rotatable bonds is 2. The molecular weight excluding hydrogens is 251 g/mol. The molecule has 0 aliphatic carbocycles. The first-order chi connectivity index (χ1) is 6.75. The Morgan fingerprint density at radius 2 is 2.36 bits per heavy atom. The molecule has 0 saturated carbocycles. The molecule has 1 N–H and O–H groups in total. The van der Waals surface area contributed by atoms with Gasteiger partial charge in [0.15, 0.2) is 6.17 Å². The van der Waals surface area contributed by atoms with Gasteiger partial charge in [-0.3, -0.25) is 0 Å². The summed E-state index contributed by atoms with van der Waals surface area (Å²) in [6, 6.07) is 3.53. The molecule has 0 radical (unpaired) electrons. The summed E-state index contributed by atoms with van der Waals surface area (Å²) in [5.74, 6) is 0.463. The summed E-state index contributed by atoms with van der Waals surface area (Å²) >= 11 is 3.27. The predicted octanol–water partition coefficient (Wildman–Crippen LogP) is 1.53. The monoisotopic (exact) mass is 260 g/mol. The van der Waals surface area contributed by atoms with Crippen LogP contribution in [0.3, 0.4) is 0 Å². The van der Waals surface area contributed by atoms with Gasteiger partial charge >= 0.3 is 0 Å². The highest BCUT2D eigenvalue weighted by Crippen LogP contribution is 2.16. The summed E-state index contributed by atoms with van der Waals surface area (Å²) in [7, 11) is 0. The molecule has 2 rings (SSSR count). The highest BCUT2D eigenvalue weighted by molar-refractivity contribution is 9.10. The van der Waals surface area contributed by atoms with E-state index < -0.39 is 12.3 Å². The molecule has 14 heavy (non-hydrogen) atoms. The maximum Gasteiger partial charge on any atom is 0.213 e. The average molecular weight is 261 g/mol. The maximum atomic E-state index is 13.1. The van der Waals surface area contributed by atoms with Crippen LogP contribution in [0.25, 0.3) is 0 Å². The molecule has 2 unspecified atom stereocenters. The fraction of sp³-hybridized carbons (Fsp3) is 0.444. The van der Waals surface area contributed by atoms with Crippen LogP contribution in [0.2, 0.25) is 0 Å². The van der Waals surface area contributed by atoms with Gasteiger partial charge in [-0.05, 0) is 22.0 Å². The van der Waals surface area contributed by atoms with Gasteiger partial charge in [-0.1, -0.05) is 0 Å². The van der Waals surface area contributed by atoms with Crippen molar-refractivity contribution in [2.45, 2.75) is 12.3 Å². The molecule has 3 nitrogen and oxygen atoms in total. The van der Waals surface area contributed by atoms with Crippen LogP contribution < -0.4 is 10.1 Å². The molecule has 0 amide bonds. The number of hydrogen-bond donors (Lipinski definition) is 1. The van der Waals surface area contributed by atoms with Gasteiger partial charge in [0.05, 0.1) is 0 Å². The molecule has 2 atom stereocenters. The largest absolute Gasteiger partial charge is 0.470 e. The standard InChI is InChI=1S/C9H10BrFN2O/c10-6-1-2-9(13-3-6)14-8-5-12-4-7(8)11/h1-3,7-8,12H,4-5H2. The van der Waals surface area contributed by atoms with Crippen LogP contribution in [-0.4, -0.2) is 30.3 Å². The number of nitrogens with zero attached hydrogens (tertiary/aromatic N) is 1. The Balaban J connectivity index is 2.00. The van der Waals surface area contributed by atoms with E-state index in [1.165, 1.54) is 0 Å². The minimum absolute atomic E-state index is 0.362. The summed E-state index contributed by atoms with van der Waals surface area (Å²) in [4.78, 5) is 4.01. The van der Waals surface area contributed by atoms with E-state index >= 15 is 0 Å². The lowest BCUT2D eigenvalue weighted by Gasteiger charge is -2.13. The molecule has 0 bridgehead atoms. The van der Waals surface area contributed by atoms with Gasteiger partial charge in [0.2, 0.25) is 5.88 Å². The zero-order chi connectivity index (χ0) is 9.97. The summed E-state index contributed by atoms with van der Waals surface area (Å²) in [6.45, 7) is 0.903. The summed E-state index contributed by atoms with van der Waals surface area (Å²) < 4.78 is 19.4. The highest BCUT2D eigenvalue weighted by atomic mass is 79.9. The van der Waals surface area contributed by atoms with Crippen LogP contribution >= 0.6 is 15.9 Å². The fourth-order valence-electron chi connectivity index (χ4n) is 1.33. The van der Waals surface area contributed by atoms with Gasteiger partial charge in [0.25, 0.3) is 0 Å². The lowest BCUT2D eigenvalue weighted by molar-refractivity contribution is 0.134. The molecule has 5 heteroatoms. The Morgan fingerprint density at radius 3 is 2.93 bits per heavy atom.